The first-order chi connectivity index (χ1) is 16.5. The van der Waals surface area contributed by atoms with Crippen LogP contribution in [0.5, 0.6) is 0 Å². The van der Waals surface area contributed by atoms with Crippen LogP contribution in [-0.2, 0) is 9.53 Å². The number of hydrogen-bond donors (Lipinski definition) is 2. The van der Waals surface area contributed by atoms with Crippen molar-refractivity contribution in [2.24, 2.45) is 0 Å². The minimum absolute atomic E-state index is 0.0351. The molecule has 0 aliphatic carbocycles. The molecule has 0 saturated carbocycles. The highest BCUT2D eigenvalue weighted by molar-refractivity contribution is 7.99. The molecule has 0 radical (unpaired) electrons. The minimum Gasteiger partial charge on any atom is -0.376 e. The van der Waals surface area contributed by atoms with Gasteiger partial charge < -0.3 is 15.0 Å². The number of hydrogen-bond acceptors (Lipinski definition) is 7. The molecule has 1 atom stereocenters. The number of rotatable bonds is 7. The lowest BCUT2D eigenvalue weighted by Gasteiger charge is -2.13. The number of carbonyl (C=O) groups is 1. The number of nitrogens with zero attached hydrogens (tertiary/aromatic N) is 3. The Labute approximate surface area is 197 Å². The van der Waals surface area contributed by atoms with Crippen LogP contribution in [0.15, 0.2) is 58.5 Å². The van der Waals surface area contributed by atoms with Crippen LogP contribution < -0.4 is 10.9 Å². The SMILES string of the molecule is O=C(CSc1nc2c([nH]c3ccccc32)c(=O)n1-c1ccc([N+](=O)[O-])cc1)NCC1CCCO1. The average molecular weight is 480 g/mol. The molecule has 0 bridgehead atoms. The number of nitrogens with one attached hydrogen (secondary N) is 2. The number of aromatic nitrogens is 3. The monoisotopic (exact) mass is 479 g/mol. The van der Waals surface area contributed by atoms with Crippen molar-refractivity contribution in [1.82, 2.24) is 19.9 Å². The zero-order chi connectivity index (χ0) is 23.7. The molecule has 34 heavy (non-hydrogen) atoms. The van der Waals surface area contributed by atoms with Crippen molar-refractivity contribution in [3.8, 4) is 5.69 Å². The fourth-order valence-corrected chi connectivity index (χ4v) is 4.84. The number of nitro groups is 1. The maximum absolute atomic E-state index is 13.5. The molecule has 1 unspecified atom stereocenters. The Bertz CT molecular complexity index is 1440. The number of thioether (sulfide) groups is 1. The van der Waals surface area contributed by atoms with E-state index in [0.29, 0.717) is 35.0 Å². The topological polar surface area (TPSA) is 132 Å². The first kappa shape index (κ1) is 22.1. The van der Waals surface area contributed by atoms with Gasteiger partial charge in [-0.05, 0) is 31.0 Å². The van der Waals surface area contributed by atoms with Crippen molar-refractivity contribution >= 4 is 45.3 Å². The third kappa shape index (κ3) is 4.27. The zero-order valence-corrected chi connectivity index (χ0v) is 18.8. The fraction of sp³-hybridized carbons (Fsp3) is 0.261. The van der Waals surface area contributed by atoms with Gasteiger partial charge in [0.2, 0.25) is 5.91 Å². The number of carbonyl (C=O) groups excluding carboxylic acids is 1. The van der Waals surface area contributed by atoms with E-state index < -0.39 is 4.92 Å². The smallest absolute Gasteiger partial charge is 0.283 e. The molecule has 1 fully saturated rings. The molecule has 3 heterocycles. The van der Waals surface area contributed by atoms with Crippen molar-refractivity contribution in [1.29, 1.82) is 0 Å². The van der Waals surface area contributed by atoms with Crippen molar-refractivity contribution < 1.29 is 14.5 Å². The highest BCUT2D eigenvalue weighted by atomic mass is 32.2. The number of benzene rings is 2. The van der Waals surface area contributed by atoms with Crippen LogP contribution in [-0.4, -0.2) is 50.4 Å². The Hall–Kier alpha value is -3.70. The lowest BCUT2D eigenvalue weighted by molar-refractivity contribution is -0.384. The summed E-state index contributed by atoms with van der Waals surface area (Å²) in [7, 11) is 0. The lowest BCUT2D eigenvalue weighted by atomic mass is 10.2. The van der Waals surface area contributed by atoms with Gasteiger partial charge in [-0.2, -0.15) is 0 Å². The first-order valence-electron chi connectivity index (χ1n) is 10.8. The van der Waals surface area contributed by atoms with Crippen molar-refractivity contribution in [2.75, 3.05) is 18.9 Å². The molecule has 1 aliphatic rings. The van der Waals surface area contributed by atoms with Crippen LogP contribution in [0.4, 0.5) is 5.69 Å². The second-order valence-corrected chi connectivity index (χ2v) is 8.87. The van der Waals surface area contributed by atoms with Crippen LogP contribution in [0.3, 0.4) is 0 Å². The van der Waals surface area contributed by atoms with Gasteiger partial charge >= 0.3 is 0 Å². The van der Waals surface area contributed by atoms with Gasteiger partial charge in [-0.15, -0.1) is 0 Å². The van der Waals surface area contributed by atoms with Crippen LogP contribution >= 0.6 is 11.8 Å². The molecule has 5 rings (SSSR count). The Kier molecular flexibility index (Phi) is 6.03. The summed E-state index contributed by atoms with van der Waals surface area (Å²) in [6.45, 7) is 1.16. The number of non-ortho nitro benzene ring substituents is 1. The van der Waals surface area contributed by atoms with Crippen LogP contribution in [0.1, 0.15) is 12.8 Å². The van der Waals surface area contributed by atoms with Gasteiger partial charge in [0.1, 0.15) is 11.0 Å². The third-order valence-corrected chi connectivity index (χ3v) is 6.63. The highest BCUT2D eigenvalue weighted by Gasteiger charge is 2.20. The fourth-order valence-electron chi connectivity index (χ4n) is 4.00. The predicted octanol–water partition coefficient (Wildman–Crippen LogP) is 3.16. The molecule has 11 heteroatoms. The number of ether oxygens (including phenoxy) is 1. The number of fused-ring (bicyclic) bond motifs is 3. The molecule has 2 aromatic carbocycles. The molecule has 2 N–H and O–H groups in total. The van der Waals surface area contributed by atoms with E-state index in [1.165, 1.54) is 28.8 Å². The molecule has 2 aromatic heterocycles. The Morgan fingerprint density at radius 1 is 1.26 bits per heavy atom. The highest BCUT2D eigenvalue weighted by Crippen LogP contribution is 2.27. The summed E-state index contributed by atoms with van der Waals surface area (Å²) < 4.78 is 6.91. The zero-order valence-electron chi connectivity index (χ0n) is 18.0. The summed E-state index contributed by atoms with van der Waals surface area (Å²) in [4.78, 5) is 44.4. The first-order valence-corrected chi connectivity index (χ1v) is 11.8. The second kappa shape index (κ2) is 9.27. The van der Waals surface area contributed by atoms with E-state index in [1.54, 1.807) is 0 Å². The molecule has 1 saturated heterocycles. The molecular weight excluding hydrogens is 458 g/mol. The van der Waals surface area contributed by atoms with E-state index in [1.807, 2.05) is 24.3 Å². The number of nitro benzene ring substituents is 1. The van der Waals surface area contributed by atoms with E-state index in [2.05, 4.69) is 10.3 Å². The van der Waals surface area contributed by atoms with Gasteiger partial charge in [-0.25, -0.2) is 4.98 Å². The molecule has 1 aliphatic heterocycles. The minimum atomic E-state index is -0.500. The molecule has 174 valence electrons. The van der Waals surface area contributed by atoms with E-state index >= 15 is 0 Å². The van der Waals surface area contributed by atoms with Crippen LogP contribution in [0.2, 0.25) is 0 Å². The van der Waals surface area contributed by atoms with Gasteiger partial charge in [0.25, 0.3) is 11.2 Å². The van der Waals surface area contributed by atoms with E-state index in [9.17, 15) is 19.7 Å². The van der Waals surface area contributed by atoms with Gasteiger partial charge in [-0.1, -0.05) is 30.0 Å². The predicted molar refractivity (Wildman–Crippen MR) is 129 cm³/mol. The van der Waals surface area contributed by atoms with Gasteiger partial charge in [0.15, 0.2) is 5.16 Å². The maximum atomic E-state index is 13.5. The van der Waals surface area contributed by atoms with Crippen molar-refractivity contribution in [2.45, 2.75) is 24.1 Å². The molecule has 0 spiro atoms. The van der Waals surface area contributed by atoms with Crippen molar-refractivity contribution in [3.63, 3.8) is 0 Å². The van der Waals surface area contributed by atoms with E-state index in [-0.39, 0.29) is 29.0 Å². The summed E-state index contributed by atoms with van der Waals surface area (Å²) in [6.07, 6.45) is 1.95. The molecule has 4 aromatic rings. The summed E-state index contributed by atoms with van der Waals surface area (Å²) in [5, 5.41) is 15.0. The van der Waals surface area contributed by atoms with Crippen LogP contribution in [0, 0.1) is 10.1 Å². The molecule has 1 amide bonds. The summed E-state index contributed by atoms with van der Waals surface area (Å²) in [6, 6.07) is 13.1. The van der Waals surface area contributed by atoms with Gasteiger partial charge in [-0.3, -0.25) is 24.3 Å². The summed E-state index contributed by atoms with van der Waals surface area (Å²) in [5.74, 6) is -0.135. The standard InChI is InChI=1S/C23H21N5O5S/c29-19(24-12-16-4-3-11-33-16)13-34-23-26-20-17-5-1-2-6-18(17)25-21(20)22(30)27(23)14-7-9-15(10-8-14)28(31)32/h1-2,5-10,16,25H,3-4,11-13H2,(H,24,29). The second-order valence-electron chi connectivity index (χ2n) is 7.93. The largest absolute Gasteiger partial charge is 0.376 e. The number of amides is 1. The summed E-state index contributed by atoms with van der Waals surface area (Å²) >= 11 is 1.14. The van der Waals surface area contributed by atoms with Gasteiger partial charge in [0, 0.05) is 36.2 Å². The number of para-hydroxylation sites is 1. The van der Waals surface area contributed by atoms with E-state index in [4.69, 9.17) is 9.72 Å². The van der Waals surface area contributed by atoms with E-state index in [0.717, 1.165) is 35.5 Å². The van der Waals surface area contributed by atoms with Crippen molar-refractivity contribution in [3.05, 3.63) is 69.0 Å². The normalized spacial score (nSPS) is 15.7. The number of H-pyrrole nitrogens is 1. The Morgan fingerprint density at radius 3 is 2.79 bits per heavy atom. The maximum Gasteiger partial charge on any atom is 0.283 e. The van der Waals surface area contributed by atoms with Crippen LogP contribution in [0.25, 0.3) is 27.6 Å². The summed E-state index contributed by atoms with van der Waals surface area (Å²) in [5.41, 5.74) is 1.60. The quantitative estimate of drug-likeness (QED) is 0.180. The lowest BCUT2D eigenvalue weighted by Crippen LogP contribution is -2.33. The third-order valence-electron chi connectivity index (χ3n) is 5.70. The molecule has 10 nitrogen and oxygen atoms in total. The number of aromatic amines is 1. The van der Waals surface area contributed by atoms with Gasteiger partial charge in [0.05, 0.1) is 22.5 Å². The molecular formula is C23H21N5O5S. The Balaban J connectivity index is 1.51. The average Bonchev–Trinajstić information content (AvgIpc) is 3.50. The Morgan fingerprint density at radius 2 is 2.06 bits per heavy atom.